The fourth-order valence-electron chi connectivity index (χ4n) is 3.67. The fourth-order valence-corrected chi connectivity index (χ4v) is 3.67. The van der Waals surface area contributed by atoms with E-state index < -0.39 is 23.6 Å². The molecule has 0 aliphatic carbocycles. The number of nitrogens with one attached hydrogen (secondary N) is 1. The molecule has 0 radical (unpaired) electrons. The Morgan fingerprint density at radius 2 is 1.70 bits per heavy atom. The molecule has 0 bridgehead atoms. The predicted octanol–water partition coefficient (Wildman–Crippen LogP) is 6.11. The highest BCUT2D eigenvalue weighted by Crippen LogP contribution is 2.37. The number of pyridine rings is 2. The van der Waals surface area contributed by atoms with E-state index in [9.17, 15) is 26.3 Å². The van der Waals surface area contributed by atoms with Gasteiger partial charge in [-0.1, -0.05) is 6.07 Å². The van der Waals surface area contributed by atoms with Gasteiger partial charge in [0.15, 0.2) is 5.82 Å². The standard InChI is InChI=1S/C24H15F6N7/c25-23(26,27)17-2-1-7-32-21(17)14-3-5-16-18(10-14)35-20(12-37-9-8-31-13-37)36-22(16)34-15-4-6-19(33-11-15)24(28,29)30/h1-11,13H,12H2,(H,34,35,36). The van der Waals surface area contributed by atoms with Crippen LogP contribution in [-0.4, -0.2) is 29.5 Å². The molecule has 4 heterocycles. The number of anilines is 2. The molecule has 0 unspecified atom stereocenters. The quantitative estimate of drug-likeness (QED) is 0.285. The molecule has 0 saturated heterocycles. The first kappa shape index (κ1) is 24.2. The van der Waals surface area contributed by atoms with Crippen molar-refractivity contribution in [3.63, 3.8) is 0 Å². The van der Waals surface area contributed by atoms with E-state index in [4.69, 9.17) is 0 Å². The van der Waals surface area contributed by atoms with Crippen LogP contribution in [0.4, 0.5) is 37.8 Å². The number of hydrogen-bond donors (Lipinski definition) is 1. The first-order valence-electron chi connectivity index (χ1n) is 10.7. The summed E-state index contributed by atoms with van der Waals surface area (Å²) in [5.41, 5.74) is -1.47. The highest BCUT2D eigenvalue weighted by molar-refractivity contribution is 5.93. The molecule has 0 atom stereocenters. The van der Waals surface area contributed by atoms with Gasteiger partial charge >= 0.3 is 12.4 Å². The smallest absolute Gasteiger partial charge is 0.338 e. The van der Waals surface area contributed by atoms with Crippen molar-refractivity contribution >= 4 is 22.4 Å². The van der Waals surface area contributed by atoms with Gasteiger partial charge in [0.05, 0.1) is 41.5 Å². The maximum atomic E-state index is 13.6. The highest BCUT2D eigenvalue weighted by atomic mass is 19.4. The van der Waals surface area contributed by atoms with Crippen molar-refractivity contribution in [2.24, 2.45) is 0 Å². The minimum Gasteiger partial charge on any atom is -0.338 e. The molecule has 7 nitrogen and oxygen atoms in total. The molecular formula is C24H15F6N7. The predicted molar refractivity (Wildman–Crippen MR) is 122 cm³/mol. The number of hydrogen-bond acceptors (Lipinski definition) is 6. The summed E-state index contributed by atoms with van der Waals surface area (Å²) in [6.45, 7) is 0.192. The van der Waals surface area contributed by atoms with Crippen LogP contribution in [0.15, 0.2) is 73.6 Å². The van der Waals surface area contributed by atoms with Gasteiger partial charge in [0.1, 0.15) is 11.5 Å². The van der Waals surface area contributed by atoms with Gasteiger partial charge in [-0.25, -0.2) is 19.9 Å². The van der Waals surface area contributed by atoms with Gasteiger partial charge in [-0.05, 0) is 36.4 Å². The van der Waals surface area contributed by atoms with Gasteiger partial charge in [-0.15, -0.1) is 0 Å². The van der Waals surface area contributed by atoms with Crippen molar-refractivity contribution in [1.82, 2.24) is 29.5 Å². The third-order valence-electron chi connectivity index (χ3n) is 5.33. The van der Waals surface area contributed by atoms with Crippen LogP contribution in [0.25, 0.3) is 22.2 Å². The maximum absolute atomic E-state index is 13.6. The van der Waals surface area contributed by atoms with Crippen molar-refractivity contribution in [3.05, 3.63) is 90.7 Å². The first-order valence-corrected chi connectivity index (χ1v) is 10.7. The van der Waals surface area contributed by atoms with E-state index in [1.807, 2.05) is 0 Å². The second-order valence-corrected chi connectivity index (χ2v) is 7.91. The molecule has 0 amide bonds. The van der Waals surface area contributed by atoms with E-state index in [0.717, 1.165) is 18.3 Å². The minimum absolute atomic E-state index is 0.190. The molecular weight excluding hydrogens is 500 g/mol. The largest absolute Gasteiger partial charge is 0.433 e. The van der Waals surface area contributed by atoms with Crippen LogP contribution >= 0.6 is 0 Å². The second kappa shape index (κ2) is 9.15. The minimum atomic E-state index is -4.61. The third-order valence-corrected chi connectivity index (χ3v) is 5.33. The van der Waals surface area contributed by atoms with Crippen LogP contribution in [0.1, 0.15) is 17.1 Å². The van der Waals surface area contributed by atoms with E-state index in [0.29, 0.717) is 16.7 Å². The number of halogens is 6. The Morgan fingerprint density at radius 1 is 0.865 bits per heavy atom. The summed E-state index contributed by atoms with van der Waals surface area (Å²) in [7, 11) is 0. The van der Waals surface area contributed by atoms with Crippen LogP contribution in [0.5, 0.6) is 0 Å². The van der Waals surface area contributed by atoms with Crippen LogP contribution in [0.2, 0.25) is 0 Å². The molecule has 0 spiro atoms. The fraction of sp³-hybridized carbons (Fsp3) is 0.125. The number of aromatic nitrogens is 6. The second-order valence-electron chi connectivity index (χ2n) is 7.91. The van der Waals surface area contributed by atoms with Gasteiger partial charge in [0.25, 0.3) is 0 Å². The Labute approximate surface area is 204 Å². The van der Waals surface area contributed by atoms with E-state index in [-0.39, 0.29) is 29.3 Å². The van der Waals surface area contributed by atoms with Crippen molar-refractivity contribution in [2.45, 2.75) is 18.9 Å². The summed E-state index contributed by atoms with van der Waals surface area (Å²) in [6.07, 6.45) is -2.13. The summed E-state index contributed by atoms with van der Waals surface area (Å²) >= 11 is 0. The lowest BCUT2D eigenvalue weighted by Gasteiger charge is -2.14. The first-order chi connectivity index (χ1) is 17.6. The van der Waals surface area contributed by atoms with Crippen molar-refractivity contribution in [1.29, 1.82) is 0 Å². The summed E-state index contributed by atoms with van der Waals surface area (Å²) in [6, 6.07) is 8.63. The number of rotatable bonds is 5. The molecule has 1 N–H and O–H groups in total. The van der Waals surface area contributed by atoms with E-state index >= 15 is 0 Å². The zero-order valence-electron chi connectivity index (χ0n) is 18.6. The summed E-state index contributed by atoms with van der Waals surface area (Å²) in [5, 5.41) is 3.37. The number of nitrogens with zero attached hydrogens (tertiary/aromatic N) is 6. The monoisotopic (exact) mass is 515 g/mol. The molecule has 5 rings (SSSR count). The van der Waals surface area contributed by atoms with Crippen molar-refractivity contribution < 1.29 is 26.3 Å². The van der Waals surface area contributed by atoms with Gasteiger partial charge in [-0.2, -0.15) is 26.3 Å². The number of benzene rings is 1. The summed E-state index contributed by atoms with van der Waals surface area (Å²) < 4.78 is 81.0. The van der Waals surface area contributed by atoms with E-state index in [1.54, 1.807) is 23.3 Å². The number of imidazole rings is 1. The molecule has 0 aliphatic heterocycles. The number of fused-ring (bicyclic) bond motifs is 1. The Kier molecular flexibility index (Phi) is 5.97. The maximum Gasteiger partial charge on any atom is 0.433 e. The Morgan fingerprint density at radius 3 is 2.38 bits per heavy atom. The highest BCUT2D eigenvalue weighted by Gasteiger charge is 2.34. The Balaban J connectivity index is 1.60. The lowest BCUT2D eigenvalue weighted by atomic mass is 10.0. The lowest BCUT2D eigenvalue weighted by Crippen LogP contribution is -2.09. The van der Waals surface area contributed by atoms with Crippen molar-refractivity contribution in [3.8, 4) is 11.3 Å². The van der Waals surface area contributed by atoms with Crippen LogP contribution in [0.3, 0.4) is 0 Å². The zero-order valence-corrected chi connectivity index (χ0v) is 18.6. The van der Waals surface area contributed by atoms with E-state index in [1.165, 1.54) is 36.5 Å². The SMILES string of the molecule is FC(F)(F)c1ccc(Nc2nc(Cn3ccnc3)nc3cc(-c4ncccc4C(F)(F)F)ccc23)cn1. The zero-order chi connectivity index (χ0) is 26.2. The van der Waals surface area contributed by atoms with Crippen LogP contribution in [-0.2, 0) is 18.9 Å². The Hall–Kier alpha value is -4.55. The molecule has 1 aromatic carbocycles. The molecule has 0 aliphatic rings. The summed E-state index contributed by atoms with van der Waals surface area (Å²) in [5.74, 6) is 0.535. The average Bonchev–Trinajstić information content (AvgIpc) is 3.36. The molecule has 37 heavy (non-hydrogen) atoms. The molecule has 188 valence electrons. The third kappa shape index (κ3) is 5.20. The van der Waals surface area contributed by atoms with Crippen LogP contribution in [0, 0.1) is 0 Å². The molecule has 0 saturated carbocycles. The lowest BCUT2D eigenvalue weighted by molar-refractivity contribution is -0.141. The number of alkyl halides is 6. The normalized spacial score (nSPS) is 12.2. The molecule has 5 aromatic rings. The van der Waals surface area contributed by atoms with Gasteiger partial charge in [-0.3, -0.25) is 4.98 Å². The van der Waals surface area contributed by atoms with Gasteiger partial charge < -0.3 is 9.88 Å². The van der Waals surface area contributed by atoms with Crippen LogP contribution < -0.4 is 5.32 Å². The topological polar surface area (TPSA) is 81.4 Å². The summed E-state index contributed by atoms with van der Waals surface area (Å²) in [4.78, 5) is 20.3. The Bertz CT molecular complexity index is 1550. The van der Waals surface area contributed by atoms with E-state index in [2.05, 4.69) is 30.2 Å². The van der Waals surface area contributed by atoms with Gasteiger partial charge in [0.2, 0.25) is 0 Å². The molecule has 4 aromatic heterocycles. The molecule has 0 fully saturated rings. The molecule has 13 heteroatoms. The average molecular weight is 515 g/mol. The van der Waals surface area contributed by atoms with Crippen molar-refractivity contribution in [2.75, 3.05) is 5.32 Å². The van der Waals surface area contributed by atoms with Gasteiger partial charge in [0, 0.05) is 29.5 Å².